The van der Waals surface area contributed by atoms with E-state index >= 15 is 0 Å². The molecule has 0 atom stereocenters. The van der Waals surface area contributed by atoms with Gasteiger partial charge in [0.2, 0.25) is 11.9 Å². The van der Waals surface area contributed by atoms with Crippen LogP contribution in [0.25, 0.3) is 0 Å². The van der Waals surface area contributed by atoms with E-state index in [9.17, 15) is 4.79 Å². The van der Waals surface area contributed by atoms with Crippen LogP contribution in [0.3, 0.4) is 0 Å². The molecule has 2 N–H and O–H groups in total. The number of benzene rings is 1. The normalized spacial score (nSPS) is 15.5. The Morgan fingerprint density at radius 1 is 1.07 bits per heavy atom. The number of nitrogens with zero attached hydrogens (tertiary/aromatic N) is 5. The molecule has 0 bridgehead atoms. The number of morpholine rings is 1. The molecule has 11 heteroatoms. The van der Waals surface area contributed by atoms with Gasteiger partial charge in [-0.2, -0.15) is 15.0 Å². The molecule has 4 rings (SSSR count). The van der Waals surface area contributed by atoms with Crippen molar-refractivity contribution in [1.29, 1.82) is 0 Å². The lowest BCUT2D eigenvalue weighted by atomic mass is 10.2. The van der Waals surface area contributed by atoms with Gasteiger partial charge in [-0.05, 0) is 12.1 Å². The molecule has 1 fully saturated rings. The molecule has 0 saturated carbocycles. The molecule has 3 heterocycles. The first kappa shape index (κ1) is 20.0. The molecule has 0 radical (unpaired) electrons. The molecule has 2 aliphatic rings. The minimum atomic E-state index is -0.369. The summed E-state index contributed by atoms with van der Waals surface area (Å²) in [4.78, 5) is 29.7. The zero-order valence-corrected chi connectivity index (χ0v) is 17.1. The summed E-state index contributed by atoms with van der Waals surface area (Å²) < 4.78 is 16.4. The first-order valence-electron chi connectivity index (χ1n) is 9.78. The number of aromatic nitrogens is 3. The molecule has 160 valence electrons. The van der Waals surface area contributed by atoms with E-state index < -0.39 is 0 Å². The van der Waals surface area contributed by atoms with Crippen molar-refractivity contribution in [2.45, 2.75) is 6.54 Å². The maximum Gasteiger partial charge on any atom is 0.319 e. The number of ether oxygens (including phenoxy) is 3. The van der Waals surface area contributed by atoms with Gasteiger partial charge in [-0.1, -0.05) is 0 Å². The third-order valence-electron chi connectivity index (χ3n) is 4.56. The Bertz CT molecular complexity index is 902. The quantitative estimate of drug-likeness (QED) is 0.734. The minimum Gasteiger partial charge on any atom is -0.486 e. The number of nitrogens with one attached hydrogen (secondary N) is 2. The van der Waals surface area contributed by atoms with Crippen LogP contribution in [-0.2, 0) is 11.3 Å². The lowest BCUT2D eigenvalue weighted by Gasteiger charge is -2.27. The van der Waals surface area contributed by atoms with E-state index in [4.69, 9.17) is 14.2 Å². The van der Waals surface area contributed by atoms with Crippen LogP contribution < -0.4 is 29.9 Å². The summed E-state index contributed by atoms with van der Waals surface area (Å²) in [5, 5.41) is 5.57. The largest absolute Gasteiger partial charge is 0.486 e. The summed E-state index contributed by atoms with van der Waals surface area (Å²) in [5.74, 6) is 2.88. The molecule has 1 saturated heterocycles. The van der Waals surface area contributed by atoms with Crippen molar-refractivity contribution in [3.8, 4) is 11.5 Å². The smallest absolute Gasteiger partial charge is 0.319 e. The second-order valence-electron chi connectivity index (χ2n) is 7.01. The Kier molecular flexibility index (Phi) is 5.98. The van der Waals surface area contributed by atoms with Gasteiger partial charge in [-0.25, -0.2) is 4.79 Å². The van der Waals surface area contributed by atoms with E-state index in [2.05, 4.69) is 30.5 Å². The first-order valence-corrected chi connectivity index (χ1v) is 9.78. The lowest BCUT2D eigenvalue weighted by molar-refractivity contribution is 0.122. The van der Waals surface area contributed by atoms with E-state index in [-0.39, 0.29) is 12.6 Å². The van der Waals surface area contributed by atoms with Crippen LogP contribution in [0.1, 0.15) is 5.82 Å². The van der Waals surface area contributed by atoms with Crippen LogP contribution in [0.2, 0.25) is 0 Å². The number of rotatable bonds is 5. The van der Waals surface area contributed by atoms with E-state index in [1.165, 1.54) is 0 Å². The number of hydrogen-bond acceptors (Lipinski definition) is 9. The fraction of sp³-hybridized carbons (Fsp3) is 0.474. The van der Waals surface area contributed by atoms with Crippen molar-refractivity contribution in [2.24, 2.45) is 0 Å². The summed E-state index contributed by atoms with van der Waals surface area (Å²) in [6, 6.07) is 4.90. The van der Waals surface area contributed by atoms with Gasteiger partial charge in [-0.3, -0.25) is 0 Å². The summed E-state index contributed by atoms with van der Waals surface area (Å²) in [6.45, 7) is 3.87. The van der Waals surface area contributed by atoms with Crippen LogP contribution >= 0.6 is 0 Å². The first-order chi connectivity index (χ1) is 14.6. The van der Waals surface area contributed by atoms with Crippen LogP contribution in [0.15, 0.2) is 18.2 Å². The van der Waals surface area contributed by atoms with Gasteiger partial charge in [-0.15, -0.1) is 0 Å². The van der Waals surface area contributed by atoms with Gasteiger partial charge in [0, 0.05) is 38.9 Å². The molecular weight excluding hydrogens is 390 g/mol. The van der Waals surface area contributed by atoms with E-state index in [1.807, 2.05) is 19.0 Å². The second kappa shape index (κ2) is 8.99. The molecule has 0 aliphatic carbocycles. The van der Waals surface area contributed by atoms with Crippen LogP contribution in [-0.4, -0.2) is 74.6 Å². The highest BCUT2D eigenvalue weighted by molar-refractivity contribution is 5.89. The van der Waals surface area contributed by atoms with Gasteiger partial charge >= 0.3 is 6.03 Å². The summed E-state index contributed by atoms with van der Waals surface area (Å²) in [6.07, 6.45) is 0. The topological polar surface area (TPSA) is 114 Å². The molecule has 2 aromatic rings. The molecule has 30 heavy (non-hydrogen) atoms. The maximum atomic E-state index is 12.4. The van der Waals surface area contributed by atoms with E-state index in [1.54, 1.807) is 18.2 Å². The highest BCUT2D eigenvalue weighted by Gasteiger charge is 2.18. The minimum absolute atomic E-state index is 0.164. The highest BCUT2D eigenvalue weighted by atomic mass is 16.6. The van der Waals surface area contributed by atoms with Gasteiger partial charge in [0.1, 0.15) is 13.2 Å². The molecule has 0 unspecified atom stereocenters. The van der Waals surface area contributed by atoms with Crippen molar-refractivity contribution in [2.75, 3.05) is 68.7 Å². The maximum absolute atomic E-state index is 12.4. The molecule has 1 aromatic carbocycles. The van der Waals surface area contributed by atoms with Crippen LogP contribution in [0, 0.1) is 0 Å². The lowest BCUT2D eigenvalue weighted by Crippen LogP contribution is -2.38. The number of hydrogen-bond donors (Lipinski definition) is 2. The number of urea groups is 1. The number of amides is 2. The predicted molar refractivity (Wildman–Crippen MR) is 110 cm³/mol. The average Bonchev–Trinajstić information content (AvgIpc) is 2.78. The van der Waals surface area contributed by atoms with Crippen molar-refractivity contribution in [3.05, 3.63) is 24.0 Å². The van der Waals surface area contributed by atoms with Gasteiger partial charge in [0.25, 0.3) is 0 Å². The third kappa shape index (κ3) is 4.79. The number of carbonyl (C=O) groups is 1. The Morgan fingerprint density at radius 2 is 1.83 bits per heavy atom. The molecule has 2 amide bonds. The van der Waals surface area contributed by atoms with Crippen LogP contribution in [0.4, 0.5) is 22.4 Å². The fourth-order valence-corrected chi connectivity index (χ4v) is 3.03. The number of fused-ring (bicyclic) bond motifs is 1. The second-order valence-corrected chi connectivity index (χ2v) is 7.01. The molecular formula is C19H25N7O4. The Balaban J connectivity index is 1.41. The van der Waals surface area contributed by atoms with Crippen molar-refractivity contribution < 1.29 is 19.0 Å². The highest BCUT2D eigenvalue weighted by Crippen LogP contribution is 2.32. The fourth-order valence-electron chi connectivity index (χ4n) is 3.03. The molecule has 1 aromatic heterocycles. The van der Waals surface area contributed by atoms with Crippen LogP contribution in [0.5, 0.6) is 11.5 Å². The Morgan fingerprint density at radius 3 is 2.60 bits per heavy atom. The zero-order valence-electron chi connectivity index (χ0n) is 17.1. The van der Waals surface area contributed by atoms with Crippen molar-refractivity contribution in [3.63, 3.8) is 0 Å². The Hall–Kier alpha value is -3.34. The number of carbonyl (C=O) groups excluding carboxylic acids is 1. The van der Waals surface area contributed by atoms with Crippen molar-refractivity contribution in [1.82, 2.24) is 20.3 Å². The van der Waals surface area contributed by atoms with Gasteiger partial charge < -0.3 is 34.6 Å². The van der Waals surface area contributed by atoms with Gasteiger partial charge in [0.15, 0.2) is 17.3 Å². The predicted octanol–water partition coefficient (Wildman–Crippen LogP) is 0.867. The molecule has 11 nitrogen and oxygen atoms in total. The van der Waals surface area contributed by atoms with E-state index in [0.29, 0.717) is 74.4 Å². The van der Waals surface area contributed by atoms with E-state index in [0.717, 1.165) is 0 Å². The molecule has 0 spiro atoms. The summed E-state index contributed by atoms with van der Waals surface area (Å²) in [5.41, 5.74) is 0.607. The summed E-state index contributed by atoms with van der Waals surface area (Å²) >= 11 is 0. The van der Waals surface area contributed by atoms with Crippen molar-refractivity contribution >= 4 is 23.6 Å². The standard InChI is InChI=1S/C19H25N7O4/c1-25(2)17-22-16(23-18(24-17)26-5-7-28-8-6-26)12-20-19(27)21-13-3-4-14-15(11-13)30-10-9-29-14/h3-4,11H,5-10,12H2,1-2H3,(H2,20,21,27). The number of anilines is 3. The monoisotopic (exact) mass is 415 g/mol. The Labute approximate surface area is 174 Å². The zero-order chi connectivity index (χ0) is 20.9. The molecule has 2 aliphatic heterocycles. The summed E-state index contributed by atoms with van der Waals surface area (Å²) in [7, 11) is 3.73. The van der Waals surface area contributed by atoms with Gasteiger partial charge in [0.05, 0.1) is 19.8 Å². The SMILES string of the molecule is CN(C)c1nc(CNC(=O)Nc2ccc3c(c2)OCCO3)nc(N2CCOCC2)n1. The average molecular weight is 415 g/mol. The third-order valence-corrected chi connectivity index (χ3v) is 4.56.